The van der Waals surface area contributed by atoms with Crippen LogP contribution in [0.1, 0.15) is 27.7 Å². The average Bonchev–Trinajstić information content (AvgIpc) is 3.11. The molecule has 0 rings (SSSR count). The third-order valence-corrected chi connectivity index (χ3v) is 7.39. The Morgan fingerprint density at radius 2 is 0.550 bits per heavy atom. The molecule has 60 heavy (non-hydrogen) atoms. The van der Waals surface area contributed by atoms with Crippen LogP contribution in [0.5, 0.6) is 0 Å². The Balaban J connectivity index is -0.0000000580. The van der Waals surface area contributed by atoms with Crippen LogP contribution in [-0.2, 0) is 84.9 Å². The zero-order valence-corrected chi connectivity index (χ0v) is 44.1. The lowest BCUT2D eigenvalue weighted by atomic mass is 10.7. The van der Waals surface area contributed by atoms with Crippen molar-refractivity contribution in [3.05, 3.63) is 0 Å². The number of ether oxygens (including phenoxy) is 4. The second-order valence-electron chi connectivity index (χ2n) is 11.6. The van der Waals surface area contributed by atoms with Crippen LogP contribution in [0.4, 0.5) is 9.59 Å². The van der Waals surface area contributed by atoms with Gasteiger partial charge in [-0.2, -0.15) is 16.8 Å². The smallest absolute Gasteiger partial charge is 0.469 e. The van der Waals surface area contributed by atoms with Gasteiger partial charge < -0.3 is 47.6 Å². The molecule has 0 spiro atoms. The van der Waals surface area contributed by atoms with Gasteiger partial charge in [0.1, 0.15) is 0 Å². The zero-order chi connectivity index (χ0) is 51.4. The normalized spacial score (nSPS) is 9.23. The maximum absolute atomic E-state index is 10.7. The van der Waals surface area contributed by atoms with Crippen LogP contribution in [0, 0.1) is 0 Å². The molecule has 0 bridgehead atoms. The lowest BCUT2D eigenvalue weighted by molar-refractivity contribution is -0.138. The molecule has 0 aromatic rings. The highest BCUT2D eigenvalue weighted by Crippen LogP contribution is 2.35. The molecule has 368 valence electrons. The fourth-order valence-electron chi connectivity index (χ4n) is 0.483. The Labute approximate surface area is 360 Å². The summed E-state index contributed by atoms with van der Waals surface area (Å²) in [6, 6.07) is 0.0185. The van der Waals surface area contributed by atoms with Gasteiger partial charge in [0.05, 0.1) is 55.2 Å². The number of esters is 2. The van der Waals surface area contributed by atoms with E-state index in [1.165, 1.54) is 90.0 Å². The fraction of sp³-hybridized carbons (Fsp3) is 0.812. The van der Waals surface area contributed by atoms with Gasteiger partial charge in [-0.1, -0.05) is 0 Å². The Hall–Kier alpha value is -3.38. The maximum atomic E-state index is 10.7. The molecule has 0 aliphatic carbocycles. The Morgan fingerprint density at radius 3 is 0.550 bits per heavy atom. The van der Waals surface area contributed by atoms with Crippen molar-refractivity contribution in [2.24, 2.45) is 0 Å². The van der Waals surface area contributed by atoms with Crippen LogP contribution in [-0.4, -0.2) is 225 Å². The van der Waals surface area contributed by atoms with Gasteiger partial charge in [0, 0.05) is 125 Å². The molecule has 0 saturated carbocycles. The average molecular weight is 965 g/mol. The summed E-state index contributed by atoms with van der Waals surface area (Å²) in [6.07, 6.45) is 1.33. The molecule has 0 fully saturated rings. The van der Waals surface area contributed by atoms with Crippen molar-refractivity contribution in [1.29, 1.82) is 0 Å². The number of carbonyl (C=O) groups excluding carboxylic acids is 6. The second kappa shape index (κ2) is 48.3. The van der Waals surface area contributed by atoms with E-state index in [0.29, 0.717) is 0 Å². The highest BCUT2D eigenvalue weighted by atomic mass is 32.2. The molecular formula is C32H78N4O20P2S2. The predicted octanol–water partition coefficient (Wildman–Crippen LogP) is 2.70. The molecule has 0 aliphatic rings. The van der Waals surface area contributed by atoms with E-state index in [2.05, 4.69) is 36.4 Å². The number of rotatable bonds is 4. The molecule has 0 N–H and O–H groups in total. The first-order chi connectivity index (χ1) is 26.4. The van der Waals surface area contributed by atoms with Crippen LogP contribution < -0.4 is 0 Å². The molecule has 0 saturated heterocycles. The minimum Gasteiger partial charge on any atom is -0.469 e. The van der Waals surface area contributed by atoms with E-state index in [-0.39, 0.29) is 29.8 Å². The summed E-state index contributed by atoms with van der Waals surface area (Å²) in [5, 5.41) is 0. The van der Waals surface area contributed by atoms with Crippen molar-refractivity contribution >= 4 is 70.9 Å². The summed E-state index contributed by atoms with van der Waals surface area (Å²) >= 11 is 0. The van der Waals surface area contributed by atoms with Crippen LogP contribution in [0.25, 0.3) is 0 Å². The van der Waals surface area contributed by atoms with Gasteiger partial charge in [-0.05, 0) is 0 Å². The molecule has 0 aromatic carbocycles. The van der Waals surface area contributed by atoms with Gasteiger partial charge in [0.2, 0.25) is 11.8 Å². The summed E-state index contributed by atoms with van der Waals surface area (Å²) in [4.78, 5) is 65.9. The van der Waals surface area contributed by atoms with Gasteiger partial charge in [0.25, 0.3) is 20.2 Å². The van der Waals surface area contributed by atoms with Crippen molar-refractivity contribution in [2.75, 3.05) is 152 Å². The fourth-order valence-corrected chi connectivity index (χ4v) is 0.483. The molecule has 0 unspecified atom stereocenters. The highest BCUT2D eigenvalue weighted by molar-refractivity contribution is 7.86. The summed E-state index contributed by atoms with van der Waals surface area (Å²) in [5.41, 5.74) is 0. The Morgan fingerprint density at radius 1 is 0.417 bits per heavy atom. The maximum Gasteiger partial charge on any atom is 0.507 e. The summed E-state index contributed by atoms with van der Waals surface area (Å²) in [6.45, 7) is 12.1. The largest absolute Gasteiger partial charge is 0.507 e. The summed E-state index contributed by atoms with van der Waals surface area (Å²) < 4.78 is 92.9. The molecule has 0 radical (unpaired) electrons. The molecule has 0 heterocycles. The van der Waals surface area contributed by atoms with Crippen molar-refractivity contribution in [2.45, 2.75) is 27.7 Å². The molecule has 0 aliphatic heterocycles. The van der Waals surface area contributed by atoms with E-state index in [9.17, 15) is 54.7 Å². The molecule has 4 amide bonds. The third-order valence-electron chi connectivity index (χ3n) is 4.42. The van der Waals surface area contributed by atoms with Gasteiger partial charge in [-0.25, -0.2) is 9.59 Å². The lowest BCUT2D eigenvalue weighted by Gasteiger charge is -2.16. The minimum atomic E-state index is -3.16. The van der Waals surface area contributed by atoms with Crippen LogP contribution in [0.3, 0.4) is 0 Å². The van der Waals surface area contributed by atoms with Crippen LogP contribution in [0.2, 0.25) is 0 Å². The zero-order valence-electron chi connectivity index (χ0n) is 40.7. The first kappa shape index (κ1) is 80.6. The summed E-state index contributed by atoms with van der Waals surface area (Å²) in [7, 11) is 13.5. The molecular weight excluding hydrogens is 886 g/mol. The van der Waals surface area contributed by atoms with E-state index in [1.807, 2.05) is 0 Å². The second-order valence-corrected chi connectivity index (χ2v) is 20.8. The molecule has 24 nitrogen and oxygen atoms in total. The van der Waals surface area contributed by atoms with E-state index >= 15 is 0 Å². The molecule has 28 heteroatoms. The predicted molar refractivity (Wildman–Crippen MR) is 233 cm³/mol. The van der Waals surface area contributed by atoms with Gasteiger partial charge in [0.15, 0.2) is 14.7 Å². The number of hydrogen-bond donors (Lipinski definition) is 0. The summed E-state index contributed by atoms with van der Waals surface area (Å²) in [5.74, 6) is -0.306. The van der Waals surface area contributed by atoms with Crippen molar-refractivity contribution < 1.29 is 91.1 Å². The number of carbonyl (C=O) groups is 6. The lowest BCUT2D eigenvalue weighted by Crippen LogP contribution is -2.33. The topological polar surface area (TPSA) is 292 Å². The van der Waals surface area contributed by atoms with Gasteiger partial charge in [-0.3, -0.25) is 36.7 Å². The van der Waals surface area contributed by atoms with Crippen molar-refractivity contribution in [3.63, 3.8) is 0 Å². The minimum absolute atomic E-state index is 0.0185. The number of methoxy groups -OCH3 is 4. The quantitative estimate of drug-likeness (QED) is 0.169. The first-order valence-electron chi connectivity index (χ1n) is 16.1. The number of urea groups is 1. The van der Waals surface area contributed by atoms with Gasteiger partial charge in [-0.15, -0.1) is 0 Å². The number of nitrogens with zero attached hydrogens (tertiary/aromatic N) is 4. The van der Waals surface area contributed by atoms with Crippen LogP contribution >= 0.6 is 14.7 Å². The number of hydrogen-bond acceptors (Lipinski definition) is 20. The Bertz CT molecular complexity index is 1310. The SMILES string of the molecule is CC(=O)N(C)C.CC(=O)N(C)C.CN(C)C(=O)N(C)C.COC(=O)OC.COC(C)=O.COC(C)=O.COP(C)(C)=O.COP(C)(C)=O.COS(C)(=O)=O.COS(C)(=O)=O. The van der Waals surface area contributed by atoms with Crippen molar-refractivity contribution in [1.82, 2.24) is 19.6 Å². The van der Waals surface area contributed by atoms with E-state index in [1.54, 1.807) is 83.0 Å². The van der Waals surface area contributed by atoms with E-state index in [4.69, 9.17) is 0 Å². The first-order valence-corrected chi connectivity index (χ1v) is 24.8. The van der Waals surface area contributed by atoms with E-state index < -0.39 is 41.1 Å². The highest BCUT2D eigenvalue weighted by Gasteiger charge is 2.03. The van der Waals surface area contributed by atoms with Gasteiger partial charge >= 0.3 is 24.1 Å². The van der Waals surface area contributed by atoms with E-state index in [0.717, 1.165) is 26.7 Å². The monoisotopic (exact) mass is 964 g/mol. The third kappa shape index (κ3) is 148. The Kier molecular flexibility index (Phi) is 64.9. The molecule has 0 aromatic heterocycles. The number of amides is 4. The van der Waals surface area contributed by atoms with Crippen LogP contribution in [0.15, 0.2) is 0 Å². The molecule has 0 atom stereocenters. The standard InChI is InChI=1S/C5H12N2O.2C4H9NO.C3H6O3.2C3H9O2P.2C3H6O2.2C2H6O3S/c1-6(2)5(8)7(3)4;2*1-4(6)5(2)3;1-5-3(4)6-2;2*1-5-6(2,3)4;2*1-3(4)5-2;2*1-5-6(2,3)4/h1-4H3;2*1-3H3;1-2H3;2*1-3H3;2*1-2H3;2*1-2H3. The van der Waals surface area contributed by atoms with Crippen molar-refractivity contribution in [3.8, 4) is 0 Å².